The average molecular weight is 365 g/mol. The lowest BCUT2D eigenvalue weighted by molar-refractivity contribution is 0.351. The van der Waals surface area contributed by atoms with Gasteiger partial charge in [0.1, 0.15) is 16.8 Å². The minimum absolute atomic E-state index is 0.153. The van der Waals surface area contributed by atoms with Crippen molar-refractivity contribution in [2.75, 3.05) is 21.3 Å². The zero-order valence-electron chi connectivity index (χ0n) is 15.3. The third-order valence-electron chi connectivity index (χ3n) is 4.60. The van der Waals surface area contributed by atoms with E-state index in [4.69, 9.17) is 14.2 Å². The predicted molar refractivity (Wildman–Crippen MR) is 103 cm³/mol. The Hall–Kier alpha value is -3.48. The summed E-state index contributed by atoms with van der Waals surface area (Å²) < 4.78 is 17.6. The van der Waals surface area contributed by atoms with Crippen LogP contribution in [-0.2, 0) is 6.54 Å². The van der Waals surface area contributed by atoms with Gasteiger partial charge < -0.3 is 19.2 Å². The van der Waals surface area contributed by atoms with E-state index in [1.54, 1.807) is 32.2 Å². The molecule has 138 valence electrons. The molecule has 0 radical (unpaired) electrons. The number of ether oxygens (including phenoxy) is 3. The molecule has 0 atom stereocenters. The van der Waals surface area contributed by atoms with Crippen molar-refractivity contribution >= 4 is 21.9 Å². The molecule has 0 aliphatic heterocycles. The molecule has 4 rings (SSSR count). The normalized spacial score (nSPS) is 11.1. The molecule has 0 saturated carbocycles. The van der Waals surface area contributed by atoms with Crippen molar-refractivity contribution in [2.24, 2.45) is 0 Å². The number of benzene rings is 2. The average Bonchev–Trinajstić information content (AvgIpc) is 3.08. The van der Waals surface area contributed by atoms with Crippen molar-refractivity contribution in [3.8, 4) is 17.2 Å². The van der Waals surface area contributed by atoms with E-state index in [0.29, 0.717) is 29.1 Å². The summed E-state index contributed by atoms with van der Waals surface area (Å²) in [5.41, 5.74) is 2.60. The molecule has 2 heterocycles. The van der Waals surface area contributed by atoms with Crippen LogP contribution in [0.4, 0.5) is 0 Å². The molecule has 0 aliphatic rings. The first-order valence-corrected chi connectivity index (χ1v) is 8.41. The molecule has 27 heavy (non-hydrogen) atoms. The molecule has 0 amide bonds. The molecule has 0 spiro atoms. The molecule has 7 nitrogen and oxygen atoms in total. The van der Waals surface area contributed by atoms with Gasteiger partial charge in [0.15, 0.2) is 11.5 Å². The van der Waals surface area contributed by atoms with Crippen molar-refractivity contribution in [2.45, 2.75) is 6.54 Å². The fourth-order valence-corrected chi connectivity index (χ4v) is 3.28. The SMILES string of the molecule is COc1ccc2c(c1)[nH]c1c(=O)n(Cc3cccc(OC)c3OC)cnc12. The van der Waals surface area contributed by atoms with Crippen molar-refractivity contribution in [3.05, 3.63) is 58.6 Å². The van der Waals surface area contributed by atoms with Gasteiger partial charge in [0.05, 0.1) is 39.7 Å². The number of rotatable bonds is 5. The molecule has 2 aromatic carbocycles. The third kappa shape index (κ3) is 2.77. The number of hydrogen-bond donors (Lipinski definition) is 1. The summed E-state index contributed by atoms with van der Waals surface area (Å²) >= 11 is 0. The Morgan fingerprint density at radius 3 is 2.67 bits per heavy atom. The summed E-state index contributed by atoms with van der Waals surface area (Å²) in [5, 5.41) is 0.883. The van der Waals surface area contributed by atoms with Crippen LogP contribution in [0.5, 0.6) is 17.2 Å². The van der Waals surface area contributed by atoms with Gasteiger partial charge in [-0.15, -0.1) is 0 Å². The molecule has 0 saturated heterocycles. The fourth-order valence-electron chi connectivity index (χ4n) is 3.28. The Labute approximate surface area is 155 Å². The summed E-state index contributed by atoms with van der Waals surface area (Å²) in [6.45, 7) is 0.320. The van der Waals surface area contributed by atoms with Gasteiger partial charge in [0.25, 0.3) is 5.56 Å². The van der Waals surface area contributed by atoms with Crippen molar-refractivity contribution in [1.29, 1.82) is 0 Å². The number of methoxy groups -OCH3 is 3. The minimum atomic E-state index is -0.153. The van der Waals surface area contributed by atoms with Gasteiger partial charge in [0, 0.05) is 17.0 Å². The van der Waals surface area contributed by atoms with E-state index >= 15 is 0 Å². The van der Waals surface area contributed by atoms with Crippen LogP contribution in [0, 0.1) is 0 Å². The maximum absolute atomic E-state index is 13.0. The van der Waals surface area contributed by atoms with Crippen molar-refractivity contribution in [1.82, 2.24) is 14.5 Å². The van der Waals surface area contributed by atoms with E-state index in [-0.39, 0.29) is 5.56 Å². The number of aromatic amines is 1. The number of para-hydroxylation sites is 1. The van der Waals surface area contributed by atoms with Gasteiger partial charge in [-0.05, 0) is 18.2 Å². The molecule has 2 aromatic heterocycles. The highest BCUT2D eigenvalue weighted by Crippen LogP contribution is 2.31. The van der Waals surface area contributed by atoms with E-state index in [1.165, 1.54) is 0 Å². The highest BCUT2D eigenvalue weighted by atomic mass is 16.5. The predicted octanol–water partition coefficient (Wildman–Crippen LogP) is 2.95. The van der Waals surface area contributed by atoms with E-state index in [2.05, 4.69) is 9.97 Å². The lowest BCUT2D eigenvalue weighted by Gasteiger charge is -2.13. The molecule has 0 unspecified atom stereocenters. The summed E-state index contributed by atoms with van der Waals surface area (Å²) in [4.78, 5) is 20.7. The van der Waals surface area contributed by atoms with E-state index < -0.39 is 0 Å². The standard InChI is InChI=1S/C20H19N3O4/c1-25-13-7-8-14-15(9-13)22-18-17(14)21-11-23(20(18)24)10-12-5-4-6-16(26-2)19(12)27-3/h4-9,11,22H,10H2,1-3H3. The Bertz CT molecular complexity index is 1190. The fraction of sp³-hybridized carbons (Fsp3) is 0.200. The van der Waals surface area contributed by atoms with E-state index in [1.807, 2.05) is 36.4 Å². The van der Waals surface area contributed by atoms with Crippen LogP contribution in [-0.4, -0.2) is 35.9 Å². The zero-order valence-corrected chi connectivity index (χ0v) is 15.3. The summed E-state index contributed by atoms with van der Waals surface area (Å²) in [5.74, 6) is 1.94. The van der Waals surface area contributed by atoms with Crippen LogP contribution >= 0.6 is 0 Å². The van der Waals surface area contributed by atoms with Gasteiger partial charge in [-0.25, -0.2) is 4.98 Å². The molecular weight excluding hydrogens is 346 g/mol. The maximum atomic E-state index is 13.0. The first kappa shape index (κ1) is 17.0. The van der Waals surface area contributed by atoms with Gasteiger partial charge in [-0.3, -0.25) is 9.36 Å². The zero-order chi connectivity index (χ0) is 19.0. The van der Waals surface area contributed by atoms with E-state index in [0.717, 1.165) is 22.2 Å². The molecule has 0 aliphatic carbocycles. The largest absolute Gasteiger partial charge is 0.497 e. The summed E-state index contributed by atoms with van der Waals surface area (Å²) in [6.07, 6.45) is 1.56. The van der Waals surface area contributed by atoms with Crippen molar-refractivity contribution in [3.63, 3.8) is 0 Å². The van der Waals surface area contributed by atoms with E-state index in [9.17, 15) is 4.79 Å². The number of nitrogens with one attached hydrogen (secondary N) is 1. The minimum Gasteiger partial charge on any atom is -0.497 e. The Balaban J connectivity index is 1.83. The summed E-state index contributed by atoms with van der Waals surface area (Å²) in [7, 11) is 4.77. The smallest absolute Gasteiger partial charge is 0.277 e. The second-order valence-electron chi connectivity index (χ2n) is 6.09. The quantitative estimate of drug-likeness (QED) is 0.588. The Morgan fingerprint density at radius 1 is 1.07 bits per heavy atom. The number of aromatic nitrogens is 3. The van der Waals surface area contributed by atoms with Crippen LogP contribution in [0.25, 0.3) is 21.9 Å². The first-order chi connectivity index (χ1) is 13.2. The van der Waals surface area contributed by atoms with Crippen LogP contribution in [0.1, 0.15) is 5.56 Å². The lowest BCUT2D eigenvalue weighted by Crippen LogP contribution is -2.21. The van der Waals surface area contributed by atoms with Crippen LogP contribution in [0.3, 0.4) is 0 Å². The molecule has 4 aromatic rings. The number of hydrogen-bond acceptors (Lipinski definition) is 5. The number of fused-ring (bicyclic) bond motifs is 3. The van der Waals surface area contributed by atoms with Crippen LogP contribution in [0.2, 0.25) is 0 Å². The van der Waals surface area contributed by atoms with Crippen LogP contribution in [0.15, 0.2) is 47.5 Å². The molecule has 0 bridgehead atoms. The van der Waals surface area contributed by atoms with Crippen LogP contribution < -0.4 is 19.8 Å². The van der Waals surface area contributed by atoms with Gasteiger partial charge in [-0.2, -0.15) is 0 Å². The van der Waals surface area contributed by atoms with Crippen molar-refractivity contribution < 1.29 is 14.2 Å². The van der Waals surface area contributed by atoms with Gasteiger partial charge in [0.2, 0.25) is 0 Å². The monoisotopic (exact) mass is 365 g/mol. The lowest BCUT2D eigenvalue weighted by atomic mass is 10.2. The highest BCUT2D eigenvalue weighted by molar-refractivity contribution is 6.04. The Kier molecular flexibility index (Phi) is 4.19. The number of nitrogens with zero attached hydrogens (tertiary/aromatic N) is 2. The summed E-state index contributed by atoms with van der Waals surface area (Å²) in [6, 6.07) is 11.2. The molecule has 7 heteroatoms. The van der Waals surface area contributed by atoms with Gasteiger partial charge in [-0.1, -0.05) is 12.1 Å². The molecule has 0 fully saturated rings. The maximum Gasteiger partial charge on any atom is 0.277 e. The second-order valence-corrected chi connectivity index (χ2v) is 6.09. The first-order valence-electron chi connectivity index (χ1n) is 8.41. The molecule has 1 N–H and O–H groups in total. The second kappa shape index (κ2) is 6.68. The third-order valence-corrected chi connectivity index (χ3v) is 4.60. The molecular formula is C20H19N3O4. The number of H-pyrrole nitrogens is 1. The van der Waals surface area contributed by atoms with Gasteiger partial charge >= 0.3 is 0 Å². The topological polar surface area (TPSA) is 78.4 Å². The Morgan fingerprint density at radius 2 is 1.93 bits per heavy atom. The highest BCUT2D eigenvalue weighted by Gasteiger charge is 2.14.